The van der Waals surface area contributed by atoms with Crippen molar-refractivity contribution in [3.05, 3.63) is 12.2 Å². The van der Waals surface area contributed by atoms with Gasteiger partial charge in [-0.05, 0) is 25.7 Å². The van der Waals surface area contributed by atoms with Crippen LogP contribution in [0.2, 0.25) is 0 Å². The fraction of sp³-hybridized carbons (Fsp3) is 0.900. The number of rotatable bonds is 18. The van der Waals surface area contributed by atoms with Crippen LogP contribution < -0.4 is 0 Å². The zero-order valence-electron chi connectivity index (χ0n) is 16.4. The van der Waals surface area contributed by atoms with Gasteiger partial charge in [-0.2, -0.15) is 8.42 Å². The van der Waals surface area contributed by atoms with E-state index in [2.05, 4.69) is 17.2 Å². The standard InChI is InChI=1S/C20H40O4S/c1-3-4-17-20(21)18-15-13-11-9-7-5-6-8-10-12-14-16-19-25(22,23)24-2/h15,18,20-21H,3-14,16-17,19H2,1-2H3/b18-15-/t20-/m1/s1. The Kier molecular flexibility index (Phi) is 16.8. The molecular weight excluding hydrogens is 336 g/mol. The number of allylic oxidation sites excluding steroid dienone is 1. The second kappa shape index (κ2) is 17.0. The summed E-state index contributed by atoms with van der Waals surface area (Å²) in [5, 5.41) is 9.69. The molecule has 25 heavy (non-hydrogen) atoms. The van der Waals surface area contributed by atoms with E-state index >= 15 is 0 Å². The highest BCUT2D eigenvalue weighted by molar-refractivity contribution is 7.86. The molecule has 5 heteroatoms. The van der Waals surface area contributed by atoms with Crippen LogP contribution in [-0.2, 0) is 14.3 Å². The van der Waals surface area contributed by atoms with Crippen LogP contribution in [0, 0.1) is 0 Å². The second-order valence-corrected chi connectivity index (χ2v) is 8.75. The lowest BCUT2D eigenvalue weighted by molar-refractivity contribution is 0.209. The lowest BCUT2D eigenvalue weighted by Crippen LogP contribution is -2.07. The first-order chi connectivity index (χ1) is 12.0. The van der Waals surface area contributed by atoms with Crippen LogP contribution in [0.4, 0.5) is 0 Å². The molecule has 1 N–H and O–H groups in total. The molecule has 0 fully saturated rings. The summed E-state index contributed by atoms with van der Waals surface area (Å²) in [7, 11) is -2.04. The minimum atomic E-state index is -3.26. The van der Waals surface area contributed by atoms with Gasteiger partial charge in [0.2, 0.25) is 0 Å². The maximum atomic E-state index is 11.1. The molecule has 0 unspecified atom stereocenters. The Hall–Kier alpha value is -0.390. The molecule has 0 aromatic heterocycles. The SMILES string of the molecule is CCCC[C@@H](O)/C=C\CCCCCCCCCCCCS(=O)(=O)OC. The van der Waals surface area contributed by atoms with Gasteiger partial charge in [-0.1, -0.05) is 83.3 Å². The van der Waals surface area contributed by atoms with Crippen LogP contribution in [0.5, 0.6) is 0 Å². The number of aliphatic hydroxyl groups is 1. The quantitative estimate of drug-likeness (QED) is 0.199. The molecule has 0 saturated heterocycles. The maximum absolute atomic E-state index is 11.1. The first-order valence-corrected chi connectivity index (χ1v) is 11.7. The Morgan fingerprint density at radius 2 is 1.40 bits per heavy atom. The number of unbranched alkanes of at least 4 members (excludes halogenated alkanes) is 11. The normalized spacial score (nSPS) is 13.6. The zero-order chi connectivity index (χ0) is 18.8. The summed E-state index contributed by atoms with van der Waals surface area (Å²) >= 11 is 0. The summed E-state index contributed by atoms with van der Waals surface area (Å²) in [6, 6.07) is 0. The largest absolute Gasteiger partial charge is 0.389 e. The van der Waals surface area contributed by atoms with Crippen LogP contribution >= 0.6 is 0 Å². The zero-order valence-corrected chi connectivity index (χ0v) is 17.2. The van der Waals surface area contributed by atoms with E-state index in [1.54, 1.807) is 0 Å². The van der Waals surface area contributed by atoms with Crippen molar-refractivity contribution >= 4 is 10.1 Å². The van der Waals surface area contributed by atoms with E-state index in [1.807, 2.05) is 6.08 Å². The fourth-order valence-corrected chi connectivity index (χ4v) is 3.53. The van der Waals surface area contributed by atoms with Crippen molar-refractivity contribution in [3.63, 3.8) is 0 Å². The molecule has 0 bridgehead atoms. The highest BCUT2D eigenvalue weighted by Crippen LogP contribution is 2.12. The van der Waals surface area contributed by atoms with Gasteiger partial charge in [0, 0.05) is 0 Å². The lowest BCUT2D eigenvalue weighted by Gasteiger charge is -2.04. The van der Waals surface area contributed by atoms with E-state index in [4.69, 9.17) is 0 Å². The Bertz CT molecular complexity index is 404. The van der Waals surface area contributed by atoms with Crippen LogP contribution in [-0.4, -0.2) is 32.5 Å². The van der Waals surface area contributed by atoms with Crippen molar-refractivity contribution in [1.29, 1.82) is 0 Å². The molecular formula is C20H40O4S. The van der Waals surface area contributed by atoms with E-state index in [1.165, 1.54) is 52.1 Å². The highest BCUT2D eigenvalue weighted by atomic mass is 32.2. The summed E-state index contributed by atoms with van der Waals surface area (Å²) in [5.74, 6) is 0.146. The summed E-state index contributed by atoms with van der Waals surface area (Å²) in [4.78, 5) is 0. The van der Waals surface area contributed by atoms with Crippen LogP contribution in [0.15, 0.2) is 12.2 Å². The molecule has 0 rings (SSSR count). The van der Waals surface area contributed by atoms with Crippen molar-refractivity contribution in [2.24, 2.45) is 0 Å². The molecule has 0 aliphatic rings. The Balaban J connectivity index is 3.25. The molecule has 0 aromatic carbocycles. The monoisotopic (exact) mass is 376 g/mol. The van der Waals surface area contributed by atoms with Gasteiger partial charge in [0.15, 0.2) is 0 Å². The highest BCUT2D eigenvalue weighted by Gasteiger charge is 2.06. The fourth-order valence-electron chi connectivity index (χ4n) is 2.80. The molecule has 0 saturated carbocycles. The molecule has 0 amide bonds. The smallest absolute Gasteiger partial charge is 0.267 e. The van der Waals surface area contributed by atoms with E-state index in [-0.39, 0.29) is 11.9 Å². The number of hydrogen-bond donors (Lipinski definition) is 1. The van der Waals surface area contributed by atoms with Crippen LogP contribution in [0.1, 0.15) is 96.8 Å². The molecule has 150 valence electrons. The predicted molar refractivity (Wildman–Crippen MR) is 106 cm³/mol. The van der Waals surface area contributed by atoms with Crippen molar-refractivity contribution in [1.82, 2.24) is 0 Å². The summed E-state index contributed by atoms with van der Waals surface area (Å²) in [6.07, 6.45) is 19.6. The molecule has 0 spiro atoms. The minimum Gasteiger partial charge on any atom is -0.389 e. The molecule has 0 aromatic rings. The lowest BCUT2D eigenvalue weighted by atomic mass is 10.1. The van der Waals surface area contributed by atoms with E-state index < -0.39 is 10.1 Å². The van der Waals surface area contributed by atoms with Crippen LogP contribution in [0.25, 0.3) is 0 Å². The first kappa shape index (κ1) is 24.6. The van der Waals surface area contributed by atoms with Gasteiger partial charge in [0.25, 0.3) is 10.1 Å². The third kappa shape index (κ3) is 18.2. The second-order valence-electron chi connectivity index (χ2n) is 6.89. The van der Waals surface area contributed by atoms with Gasteiger partial charge in [0.1, 0.15) is 0 Å². The average molecular weight is 377 g/mol. The summed E-state index contributed by atoms with van der Waals surface area (Å²) < 4.78 is 26.7. The van der Waals surface area contributed by atoms with Crippen molar-refractivity contribution in [2.45, 2.75) is 103 Å². The molecule has 0 heterocycles. The predicted octanol–water partition coefficient (Wildman–Crippen LogP) is 5.36. The maximum Gasteiger partial charge on any atom is 0.267 e. The van der Waals surface area contributed by atoms with E-state index in [0.717, 1.165) is 38.5 Å². The summed E-state index contributed by atoms with van der Waals surface area (Å²) in [6.45, 7) is 2.14. The summed E-state index contributed by atoms with van der Waals surface area (Å²) in [5.41, 5.74) is 0. The van der Waals surface area contributed by atoms with E-state index in [0.29, 0.717) is 6.42 Å². The first-order valence-electron chi connectivity index (χ1n) is 10.1. The Morgan fingerprint density at radius 1 is 0.880 bits per heavy atom. The molecule has 0 aliphatic heterocycles. The van der Waals surface area contributed by atoms with Crippen LogP contribution in [0.3, 0.4) is 0 Å². The molecule has 0 aliphatic carbocycles. The van der Waals surface area contributed by atoms with Gasteiger partial charge in [0.05, 0.1) is 19.0 Å². The van der Waals surface area contributed by atoms with Crippen molar-refractivity contribution in [2.75, 3.05) is 12.9 Å². The van der Waals surface area contributed by atoms with Crippen molar-refractivity contribution < 1.29 is 17.7 Å². The van der Waals surface area contributed by atoms with Crippen molar-refractivity contribution in [3.8, 4) is 0 Å². The van der Waals surface area contributed by atoms with Gasteiger partial charge < -0.3 is 5.11 Å². The number of hydrogen-bond acceptors (Lipinski definition) is 4. The molecule has 0 radical (unpaired) electrons. The van der Waals surface area contributed by atoms with Gasteiger partial charge in [-0.25, -0.2) is 0 Å². The Morgan fingerprint density at radius 3 is 1.92 bits per heavy atom. The third-order valence-corrected chi connectivity index (χ3v) is 5.78. The van der Waals surface area contributed by atoms with Gasteiger partial charge in [-0.15, -0.1) is 0 Å². The van der Waals surface area contributed by atoms with E-state index in [9.17, 15) is 13.5 Å². The van der Waals surface area contributed by atoms with Gasteiger partial charge in [-0.3, -0.25) is 4.18 Å². The number of aliphatic hydroxyl groups excluding tert-OH is 1. The third-order valence-electron chi connectivity index (χ3n) is 4.48. The molecule has 1 atom stereocenters. The Labute approximate surface area is 156 Å². The average Bonchev–Trinajstić information content (AvgIpc) is 2.60. The molecule has 4 nitrogen and oxygen atoms in total. The minimum absolute atomic E-state index is 0.146. The van der Waals surface area contributed by atoms with Gasteiger partial charge >= 0.3 is 0 Å². The topological polar surface area (TPSA) is 63.6 Å².